The predicted octanol–water partition coefficient (Wildman–Crippen LogP) is 4.90. The molecule has 1 fully saturated rings. The molecular weight excluding hydrogens is 344 g/mol. The van der Waals surface area contributed by atoms with E-state index in [0.29, 0.717) is 0 Å². The standard InChI is InChI=1S/C25H32N2O/c1-18-5-4-14-27(16-18)17-20-8-10-22(11-9-20)25(28)26-19(2)23-13-12-21-6-3-7-24(21)15-23/h8-13,15,18-19H,3-7,14,16-17H2,1-2H3,(H,26,28). The molecule has 0 spiro atoms. The van der Waals surface area contributed by atoms with Gasteiger partial charge in [-0.1, -0.05) is 37.3 Å². The summed E-state index contributed by atoms with van der Waals surface area (Å²) in [4.78, 5) is 15.2. The molecule has 2 unspecified atom stereocenters. The van der Waals surface area contributed by atoms with E-state index in [4.69, 9.17) is 0 Å². The van der Waals surface area contributed by atoms with Crippen LogP contribution in [0.1, 0.15) is 71.8 Å². The minimum atomic E-state index is 0.00569. The van der Waals surface area contributed by atoms with Crippen molar-refractivity contribution >= 4 is 5.91 Å². The van der Waals surface area contributed by atoms with Gasteiger partial charge in [-0.2, -0.15) is 0 Å². The number of piperidine rings is 1. The van der Waals surface area contributed by atoms with E-state index in [1.165, 1.54) is 67.4 Å². The molecule has 0 aromatic heterocycles. The minimum absolute atomic E-state index is 0.00569. The van der Waals surface area contributed by atoms with Crippen molar-refractivity contribution in [1.29, 1.82) is 0 Å². The highest BCUT2D eigenvalue weighted by molar-refractivity contribution is 5.94. The Morgan fingerprint density at radius 2 is 1.89 bits per heavy atom. The van der Waals surface area contributed by atoms with Gasteiger partial charge < -0.3 is 5.32 Å². The highest BCUT2D eigenvalue weighted by atomic mass is 16.1. The number of hydrogen-bond acceptors (Lipinski definition) is 2. The van der Waals surface area contributed by atoms with Crippen molar-refractivity contribution in [2.24, 2.45) is 5.92 Å². The zero-order chi connectivity index (χ0) is 19.5. The Balaban J connectivity index is 1.35. The number of likely N-dealkylation sites (tertiary alicyclic amines) is 1. The number of nitrogens with one attached hydrogen (secondary N) is 1. The maximum Gasteiger partial charge on any atom is 0.251 e. The maximum absolute atomic E-state index is 12.7. The third-order valence-corrected chi connectivity index (χ3v) is 6.33. The van der Waals surface area contributed by atoms with Crippen LogP contribution < -0.4 is 5.32 Å². The lowest BCUT2D eigenvalue weighted by atomic mass is 9.99. The fraction of sp³-hybridized carbons (Fsp3) is 0.480. The van der Waals surface area contributed by atoms with Gasteiger partial charge in [0.05, 0.1) is 6.04 Å². The number of rotatable bonds is 5. The van der Waals surface area contributed by atoms with Gasteiger partial charge in [-0.05, 0) is 85.9 Å². The van der Waals surface area contributed by atoms with Crippen LogP contribution in [0.4, 0.5) is 0 Å². The number of aryl methyl sites for hydroxylation is 2. The van der Waals surface area contributed by atoms with Crippen molar-refractivity contribution in [3.05, 3.63) is 70.3 Å². The molecule has 1 amide bonds. The number of amides is 1. The molecule has 0 bridgehead atoms. The van der Waals surface area contributed by atoms with E-state index >= 15 is 0 Å². The number of hydrogen-bond donors (Lipinski definition) is 1. The summed E-state index contributed by atoms with van der Waals surface area (Å²) in [5.41, 5.74) is 6.15. The molecular formula is C25H32N2O. The van der Waals surface area contributed by atoms with Crippen LogP contribution in [0.3, 0.4) is 0 Å². The zero-order valence-electron chi connectivity index (χ0n) is 17.2. The van der Waals surface area contributed by atoms with Gasteiger partial charge in [-0.3, -0.25) is 9.69 Å². The van der Waals surface area contributed by atoms with E-state index in [-0.39, 0.29) is 11.9 Å². The summed E-state index contributed by atoms with van der Waals surface area (Å²) in [6, 6.07) is 14.8. The van der Waals surface area contributed by atoms with Gasteiger partial charge in [0.25, 0.3) is 5.91 Å². The second kappa shape index (κ2) is 8.48. The second-order valence-electron chi connectivity index (χ2n) is 8.76. The van der Waals surface area contributed by atoms with Gasteiger partial charge in [0, 0.05) is 18.7 Å². The van der Waals surface area contributed by atoms with Crippen LogP contribution in [-0.4, -0.2) is 23.9 Å². The van der Waals surface area contributed by atoms with Crippen molar-refractivity contribution < 1.29 is 4.79 Å². The largest absolute Gasteiger partial charge is 0.346 e. The molecule has 1 aliphatic carbocycles. The van der Waals surface area contributed by atoms with E-state index in [0.717, 1.165) is 18.0 Å². The van der Waals surface area contributed by atoms with Crippen LogP contribution in [0.25, 0.3) is 0 Å². The summed E-state index contributed by atoms with van der Waals surface area (Å²) in [5, 5.41) is 3.16. The molecule has 4 rings (SSSR count). The van der Waals surface area contributed by atoms with Gasteiger partial charge in [0.1, 0.15) is 0 Å². The third kappa shape index (κ3) is 4.47. The third-order valence-electron chi connectivity index (χ3n) is 6.33. The number of nitrogens with zero attached hydrogens (tertiary/aromatic N) is 1. The second-order valence-corrected chi connectivity index (χ2v) is 8.76. The van der Waals surface area contributed by atoms with E-state index in [9.17, 15) is 4.79 Å². The minimum Gasteiger partial charge on any atom is -0.346 e. The zero-order valence-corrected chi connectivity index (χ0v) is 17.2. The lowest BCUT2D eigenvalue weighted by molar-refractivity contribution is 0.0940. The summed E-state index contributed by atoms with van der Waals surface area (Å²) >= 11 is 0. The van der Waals surface area contributed by atoms with Gasteiger partial charge in [0.15, 0.2) is 0 Å². The van der Waals surface area contributed by atoms with Crippen molar-refractivity contribution in [3.8, 4) is 0 Å². The van der Waals surface area contributed by atoms with Crippen LogP contribution in [0.2, 0.25) is 0 Å². The van der Waals surface area contributed by atoms with Gasteiger partial charge >= 0.3 is 0 Å². The molecule has 28 heavy (non-hydrogen) atoms. The first-order valence-corrected chi connectivity index (χ1v) is 10.8. The molecule has 1 aliphatic heterocycles. The first kappa shape index (κ1) is 19.2. The van der Waals surface area contributed by atoms with E-state index in [1.54, 1.807) is 0 Å². The van der Waals surface area contributed by atoms with E-state index in [2.05, 4.69) is 54.4 Å². The lowest BCUT2D eigenvalue weighted by Gasteiger charge is -2.30. The molecule has 3 nitrogen and oxygen atoms in total. The average Bonchev–Trinajstić information content (AvgIpc) is 3.16. The highest BCUT2D eigenvalue weighted by Crippen LogP contribution is 2.25. The van der Waals surface area contributed by atoms with Crippen LogP contribution in [0, 0.1) is 5.92 Å². The first-order valence-electron chi connectivity index (χ1n) is 10.8. The van der Waals surface area contributed by atoms with E-state index in [1.807, 2.05) is 12.1 Å². The molecule has 1 N–H and O–H groups in total. The summed E-state index contributed by atoms with van der Waals surface area (Å²) in [6.45, 7) is 7.76. The Hall–Kier alpha value is -2.13. The quantitative estimate of drug-likeness (QED) is 0.805. The molecule has 0 radical (unpaired) electrons. The van der Waals surface area contributed by atoms with Gasteiger partial charge in [-0.25, -0.2) is 0 Å². The molecule has 0 saturated carbocycles. The molecule has 2 atom stereocenters. The highest BCUT2D eigenvalue weighted by Gasteiger charge is 2.17. The Bertz CT molecular complexity index is 827. The summed E-state index contributed by atoms with van der Waals surface area (Å²) < 4.78 is 0. The Labute approximate surface area is 169 Å². The molecule has 148 valence electrons. The molecule has 1 saturated heterocycles. The molecule has 3 heteroatoms. The summed E-state index contributed by atoms with van der Waals surface area (Å²) in [7, 11) is 0. The molecule has 2 aromatic rings. The topological polar surface area (TPSA) is 32.3 Å². The SMILES string of the molecule is CC1CCCN(Cc2ccc(C(=O)NC(C)c3ccc4c(c3)CCC4)cc2)C1. The summed E-state index contributed by atoms with van der Waals surface area (Å²) in [5.74, 6) is 0.797. The van der Waals surface area contributed by atoms with Crippen molar-refractivity contribution in [2.45, 2.75) is 58.5 Å². The fourth-order valence-corrected chi connectivity index (χ4v) is 4.67. The number of benzene rings is 2. The smallest absolute Gasteiger partial charge is 0.251 e. The molecule has 1 heterocycles. The fourth-order valence-electron chi connectivity index (χ4n) is 4.67. The number of carbonyl (C=O) groups excluding carboxylic acids is 1. The van der Waals surface area contributed by atoms with Gasteiger partial charge in [-0.15, -0.1) is 0 Å². The molecule has 2 aliphatic rings. The predicted molar refractivity (Wildman–Crippen MR) is 114 cm³/mol. The number of fused-ring (bicyclic) bond motifs is 1. The maximum atomic E-state index is 12.7. The Kier molecular flexibility index (Phi) is 5.82. The normalized spacial score (nSPS) is 20.6. The lowest BCUT2D eigenvalue weighted by Crippen LogP contribution is -2.33. The van der Waals surface area contributed by atoms with E-state index < -0.39 is 0 Å². The van der Waals surface area contributed by atoms with Crippen LogP contribution in [-0.2, 0) is 19.4 Å². The summed E-state index contributed by atoms with van der Waals surface area (Å²) in [6.07, 6.45) is 6.25. The molecule has 2 aromatic carbocycles. The van der Waals surface area contributed by atoms with Crippen LogP contribution >= 0.6 is 0 Å². The van der Waals surface area contributed by atoms with Crippen LogP contribution in [0.5, 0.6) is 0 Å². The first-order chi connectivity index (χ1) is 13.6. The monoisotopic (exact) mass is 376 g/mol. The van der Waals surface area contributed by atoms with Crippen molar-refractivity contribution in [1.82, 2.24) is 10.2 Å². The Morgan fingerprint density at radius 3 is 2.68 bits per heavy atom. The van der Waals surface area contributed by atoms with Crippen molar-refractivity contribution in [2.75, 3.05) is 13.1 Å². The van der Waals surface area contributed by atoms with Crippen molar-refractivity contribution in [3.63, 3.8) is 0 Å². The number of carbonyl (C=O) groups is 1. The van der Waals surface area contributed by atoms with Crippen LogP contribution in [0.15, 0.2) is 42.5 Å². The van der Waals surface area contributed by atoms with Gasteiger partial charge in [0.2, 0.25) is 0 Å². The Morgan fingerprint density at radius 1 is 1.11 bits per heavy atom. The average molecular weight is 377 g/mol.